The van der Waals surface area contributed by atoms with Crippen molar-refractivity contribution in [2.75, 3.05) is 49.6 Å². The molecule has 2 saturated heterocycles. The van der Waals surface area contributed by atoms with Gasteiger partial charge in [-0.1, -0.05) is 36.9 Å². The third kappa shape index (κ3) is 5.20. The molecule has 0 spiro atoms. The molecule has 4 heterocycles. The van der Waals surface area contributed by atoms with Crippen LogP contribution in [0.5, 0.6) is 6.01 Å². The second-order valence-electron chi connectivity index (χ2n) is 11.3. The molecule has 1 aromatic heterocycles. The summed E-state index contributed by atoms with van der Waals surface area (Å²) in [7, 11) is 2.14. The molecular formula is C32H37N7O2. The molecule has 212 valence electrons. The number of amides is 1. The molecule has 2 fully saturated rings. The van der Waals surface area contributed by atoms with Crippen LogP contribution in [0.3, 0.4) is 0 Å². The van der Waals surface area contributed by atoms with Gasteiger partial charge in [0.25, 0.3) is 0 Å². The van der Waals surface area contributed by atoms with Crippen molar-refractivity contribution in [3.05, 3.63) is 65.9 Å². The van der Waals surface area contributed by atoms with E-state index >= 15 is 0 Å². The Kier molecular flexibility index (Phi) is 7.50. The number of nitriles is 1. The summed E-state index contributed by atoms with van der Waals surface area (Å²) in [6, 6.07) is 15.7. The monoisotopic (exact) mass is 551 g/mol. The van der Waals surface area contributed by atoms with Gasteiger partial charge >= 0.3 is 6.01 Å². The highest BCUT2D eigenvalue weighted by atomic mass is 16.5. The van der Waals surface area contributed by atoms with Crippen molar-refractivity contribution in [3.8, 4) is 12.1 Å². The minimum Gasteiger partial charge on any atom is -0.462 e. The molecule has 3 aliphatic heterocycles. The fraction of sp³-hybridized carbons (Fsp3) is 0.438. The van der Waals surface area contributed by atoms with Gasteiger partial charge in [0.05, 0.1) is 30.8 Å². The molecule has 9 heteroatoms. The Hall–Kier alpha value is -4.16. The number of benzene rings is 2. The summed E-state index contributed by atoms with van der Waals surface area (Å²) < 4.78 is 6.26. The molecule has 0 aliphatic carbocycles. The highest BCUT2D eigenvalue weighted by molar-refractivity contribution is 5.97. The average molecular weight is 552 g/mol. The number of fused-ring (bicyclic) bond motifs is 2. The van der Waals surface area contributed by atoms with E-state index in [4.69, 9.17) is 14.7 Å². The first kappa shape index (κ1) is 27.0. The maximum absolute atomic E-state index is 12.5. The van der Waals surface area contributed by atoms with Gasteiger partial charge in [-0.05, 0) is 56.4 Å². The number of anilines is 2. The SMILES string of the molecule is C=CC(=O)N1CCN(c2nc(OCC3CCCN3C)nc3c2CN(c2cccc4cccc(C)c24)C3)CC1CC#N. The Morgan fingerprint density at radius 1 is 1.12 bits per heavy atom. The zero-order chi connectivity index (χ0) is 28.5. The molecule has 6 rings (SSSR count). The lowest BCUT2D eigenvalue weighted by molar-refractivity contribution is -0.128. The van der Waals surface area contributed by atoms with E-state index in [9.17, 15) is 10.1 Å². The van der Waals surface area contributed by atoms with E-state index in [1.807, 2.05) is 0 Å². The van der Waals surface area contributed by atoms with Crippen molar-refractivity contribution in [1.29, 1.82) is 5.26 Å². The van der Waals surface area contributed by atoms with E-state index in [1.165, 1.54) is 34.5 Å². The fourth-order valence-electron chi connectivity index (χ4n) is 6.58. The van der Waals surface area contributed by atoms with Gasteiger partial charge in [-0.25, -0.2) is 0 Å². The average Bonchev–Trinajstić information content (AvgIpc) is 3.61. The normalized spacial score (nSPS) is 20.8. The van der Waals surface area contributed by atoms with Gasteiger partial charge in [0.15, 0.2) is 0 Å². The molecule has 0 N–H and O–H groups in total. The predicted octanol–water partition coefficient (Wildman–Crippen LogP) is 4.05. The molecule has 0 radical (unpaired) electrons. The molecule has 2 atom stereocenters. The standard InChI is InChI=1S/C32H37N7O2/c1-4-29(40)39-17-16-37(18-24(39)13-14-33)31-26-19-38(28-12-6-10-23-9-5-8-22(2)30(23)28)20-27(26)34-32(35-31)41-21-25-11-7-15-36(25)3/h4-6,8-10,12,24-25H,1,7,11,13,15-21H2,2-3H3. The predicted molar refractivity (Wildman–Crippen MR) is 160 cm³/mol. The van der Waals surface area contributed by atoms with Gasteiger partial charge in [-0.15, -0.1) is 0 Å². The Balaban J connectivity index is 1.34. The quantitative estimate of drug-likeness (QED) is 0.407. The number of rotatable bonds is 7. The van der Waals surface area contributed by atoms with E-state index in [-0.39, 0.29) is 18.4 Å². The number of hydrogen-bond donors (Lipinski definition) is 0. The topological polar surface area (TPSA) is 88.8 Å². The highest BCUT2D eigenvalue weighted by Gasteiger charge is 2.35. The van der Waals surface area contributed by atoms with Gasteiger partial charge in [-0.2, -0.15) is 15.2 Å². The maximum atomic E-state index is 12.5. The largest absolute Gasteiger partial charge is 0.462 e. The highest BCUT2D eigenvalue weighted by Crippen LogP contribution is 2.38. The lowest BCUT2D eigenvalue weighted by Gasteiger charge is -2.41. The van der Waals surface area contributed by atoms with E-state index in [1.54, 1.807) is 4.90 Å². The van der Waals surface area contributed by atoms with Crippen LogP contribution < -0.4 is 14.5 Å². The number of ether oxygens (including phenoxy) is 1. The Bertz CT molecular complexity index is 1510. The minimum atomic E-state index is -0.236. The second kappa shape index (κ2) is 11.4. The molecule has 0 bridgehead atoms. The zero-order valence-corrected chi connectivity index (χ0v) is 23.9. The van der Waals surface area contributed by atoms with Crippen molar-refractivity contribution in [2.24, 2.45) is 0 Å². The Labute approximate surface area is 241 Å². The summed E-state index contributed by atoms with van der Waals surface area (Å²) in [5.74, 6) is 0.706. The van der Waals surface area contributed by atoms with Gasteiger partial charge in [-0.3, -0.25) is 4.79 Å². The van der Waals surface area contributed by atoms with Crippen LogP contribution in [-0.2, 0) is 17.9 Å². The molecular weight excluding hydrogens is 514 g/mol. The summed E-state index contributed by atoms with van der Waals surface area (Å²) in [5.41, 5.74) is 4.48. The van der Waals surface area contributed by atoms with E-state index in [0.717, 1.165) is 30.0 Å². The lowest BCUT2D eigenvalue weighted by Crippen LogP contribution is -2.55. The van der Waals surface area contributed by atoms with Crippen LogP contribution in [0.4, 0.5) is 11.5 Å². The van der Waals surface area contributed by atoms with Crippen molar-refractivity contribution in [3.63, 3.8) is 0 Å². The molecule has 2 unspecified atom stereocenters. The first-order chi connectivity index (χ1) is 20.0. The van der Waals surface area contributed by atoms with Crippen molar-refractivity contribution < 1.29 is 9.53 Å². The molecule has 0 saturated carbocycles. The number of hydrogen-bond acceptors (Lipinski definition) is 8. The first-order valence-corrected chi connectivity index (χ1v) is 14.5. The first-order valence-electron chi connectivity index (χ1n) is 14.5. The van der Waals surface area contributed by atoms with Crippen LogP contribution in [0.25, 0.3) is 10.8 Å². The molecule has 9 nitrogen and oxygen atoms in total. The van der Waals surface area contributed by atoms with E-state index < -0.39 is 0 Å². The number of aryl methyl sites for hydroxylation is 1. The number of aromatic nitrogens is 2. The number of likely N-dealkylation sites (tertiary alicyclic amines) is 1. The van der Waals surface area contributed by atoms with Gasteiger partial charge in [0.1, 0.15) is 12.4 Å². The van der Waals surface area contributed by atoms with Crippen molar-refractivity contribution in [1.82, 2.24) is 19.8 Å². The van der Waals surface area contributed by atoms with Crippen LogP contribution in [0.1, 0.15) is 36.1 Å². The van der Waals surface area contributed by atoms with E-state index in [0.29, 0.717) is 51.4 Å². The third-order valence-corrected chi connectivity index (χ3v) is 8.81. The second-order valence-corrected chi connectivity index (χ2v) is 11.3. The molecule has 2 aromatic carbocycles. The van der Waals surface area contributed by atoms with Gasteiger partial charge in [0.2, 0.25) is 5.91 Å². The smallest absolute Gasteiger partial charge is 0.318 e. The third-order valence-electron chi connectivity index (χ3n) is 8.81. The molecule has 1 amide bonds. The lowest BCUT2D eigenvalue weighted by atomic mass is 10.0. The molecule has 3 aliphatic rings. The number of carbonyl (C=O) groups is 1. The van der Waals surface area contributed by atoms with Crippen LogP contribution in [0.2, 0.25) is 0 Å². The maximum Gasteiger partial charge on any atom is 0.318 e. The van der Waals surface area contributed by atoms with Gasteiger partial charge < -0.3 is 24.3 Å². The van der Waals surface area contributed by atoms with Crippen LogP contribution in [0.15, 0.2) is 49.1 Å². The summed E-state index contributed by atoms with van der Waals surface area (Å²) in [4.78, 5) is 31.1. The Morgan fingerprint density at radius 3 is 2.71 bits per heavy atom. The van der Waals surface area contributed by atoms with Crippen LogP contribution in [-0.4, -0.2) is 77.6 Å². The van der Waals surface area contributed by atoms with Crippen LogP contribution in [0, 0.1) is 18.3 Å². The zero-order valence-electron chi connectivity index (χ0n) is 23.9. The fourth-order valence-corrected chi connectivity index (χ4v) is 6.58. The number of piperazine rings is 1. The summed E-state index contributed by atoms with van der Waals surface area (Å²) in [6.07, 6.45) is 3.87. The minimum absolute atomic E-state index is 0.139. The Morgan fingerprint density at radius 2 is 1.95 bits per heavy atom. The van der Waals surface area contributed by atoms with E-state index in [2.05, 4.69) is 77.7 Å². The molecule has 41 heavy (non-hydrogen) atoms. The summed E-state index contributed by atoms with van der Waals surface area (Å²) in [5, 5.41) is 12.0. The number of nitrogens with zero attached hydrogens (tertiary/aromatic N) is 7. The number of carbonyl (C=O) groups excluding carboxylic acids is 1. The summed E-state index contributed by atoms with van der Waals surface area (Å²) in [6.45, 7) is 10.4. The summed E-state index contributed by atoms with van der Waals surface area (Å²) >= 11 is 0. The van der Waals surface area contributed by atoms with Gasteiger partial charge in [0, 0.05) is 48.9 Å². The molecule has 3 aromatic rings. The van der Waals surface area contributed by atoms with Crippen molar-refractivity contribution in [2.45, 2.75) is 51.4 Å². The van der Waals surface area contributed by atoms with Crippen LogP contribution >= 0.6 is 0 Å². The van der Waals surface area contributed by atoms with Crippen molar-refractivity contribution >= 4 is 28.2 Å². The number of likely N-dealkylation sites (N-methyl/N-ethyl adjacent to an activating group) is 1.